The summed E-state index contributed by atoms with van der Waals surface area (Å²) in [5.41, 5.74) is 1.02. The zero-order valence-electron chi connectivity index (χ0n) is 17.6. The summed E-state index contributed by atoms with van der Waals surface area (Å²) >= 11 is 0. The molecular weight excluding hydrogens is 382 g/mol. The largest absolute Gasteiger partial charge is 0.497 e. The van der Waals surface area contributed by atoms with Crippen LogP contribution in [-0.4, -0.2) is 68.2 Å². The summed E-state index contributed by atoms with van der Waals surface area (Å²) in [5.74, 6) is 0.947. The highest BCUT2D eigenvalue weighted by molar-refractivity contribution is 6.08. The van der Waals surface area contributed by atoms with Crippen molar-refractivity contribution in [2.24, 2.45) is 0 Å². The summed E-state index contributed by atoms with van der Waals surface area (Å²) in [7, 11) is 5.16. The van der Waals surface area contributed by atoms with Crippen molar-refractivity contribution in [1.82, 2.24) is 15.1 Å². The molecule has 0 unspecified atom stereocenters. The van der Waals surface area contributed by atoms with Gasteiger partial charge in [0.2, 0.25) is 0 Å². The SMILES string of the molecule is COc1cc(OC)cc([C@H]2CN(C)C[C@]23NC(=O)N(CCc2ccccc2)C3=O)c1. The van der Waals surface area contributed by atoms with Crippen LogP contribution >= 0.6 is 0 Å². The first-order valence-corrected chi connectivity index (χ1v) is 10.1. The van der Waals surface area contributed by atoms with E-state index in [9.17, 15) is 9.59 Å². The lowest BCUT2D eigenvalue weighted by Gasteiger charge is -2.28. The number of ether oxygens (including phenoxy) is 2. The van der Waals surface area contributed by atoms with Gasteiger partial charge in [-0.05, 0) is 36.7 Å². The molecule has 2 saturated heterocycles. The Kier molecular flexibility index (Phi) is 5.39. The van der Waals surface area contributed by atoms with Crippen LogP contribution in [-0.2, 0) is 11.2 Å². The zero-order chi connectivity index (χ0) is 21.3. The van der Waals surface area contributed by atoms with Gasteiger partial charge in [-0.25, -0.2) is 4.79 Å². The molecule has 3 amide bonds. The number of hydrogen-bond acceptors (Lipinski definition) is 5. The molecule has 4 rings (SSSR count). The van der Waals surface area contributed by atoms with E-state index < -0.39 is 5.54 Å². The van der Waals surface area contributed by atoms with Crippen molar-refractivity contribution in [3.63, 3.8) is 0 Å². The van der Waals surface area contributed by atoms with Crippen molar-refractivity contribution in [2.45, 2.75) is 17.9 Å². The van der Waals surface area contributed by atoms with Gasteiger partial charge in [0.15, 0.2) is 0 Å². The maximum absolute atomic E-state index is 13.6. The number of carbonyl (C=O) groups excluding carboxylic acids is 2. The predicted molar refractivity (Wildman–Crippen MR) is 113 cm³/mol. The number of imide groups is 1. The van der Waals surface area contributed by atoms with E-state index in [1.807, 2.05) is 49.5 Å². The zero-order valence-corrected chi connectivity index (χ0v) is 17.6. The maximum atomic E-state index is 13.6. The minimum absolute atomic E-state index is 0.167. The van der Waals surface area contributed by atoms with E-state index in [1.54, 1.807) is 20.3 Å². The average molecular weight is 409 g/mol. The first-order chi connectivity index (χ1) is 14.5. The Labute approximate surface area is 176 Å². The van der Waals surface area contributed by atoms with Gasteiger partial charge in [0.25, 0.3) is 5.91 Å². The summed E-state index contributed by atoms with van der Waals surface area (Å²) in [5, 5.41) is 3.03. The third kappa shape index (κ3) is 3.50. The van der Waals surface area contributed by atoms with E-state index in [2.05, 4.69) is 10.2 Å². The molecule has 7 nitrogen and oxygen atoms in total. The molecule has 2 fully saturated rings. The van der Waals surface area contributed by atoms with E-state index in [4.69, 9.17) is 9.47 Å². The number of nitrogens with zero attached hydrogens (tertiary/aromatic N) is 2. The Hall–Kier alpha value is -3.06. The molecular formula is C23H27N3O4. The standard InChI is InChI=1S/C23H27N3O4/c1-25-14-20(17-11-18(29-2)13-19(12-17)30-3)23(15-25)21(27)26(22(28)24-23)10-9-16-7-5-4-6-8-16/h4-8,11-13,20H,9-10,14-15H2,1-3H3,(H,24,28)/t20-,23+/m1/s1. The van der Waals surface area contributed by atoms with Crippen LogP contribution in [0, 0.1) is 0 Å². The highest BCUT2D eigenvalue weighted by Gasteiger charge is 2.59. The monoisotopic (exact) mass is 409 g/mol. The number of urea groups is 1. The summed E-state index contributed by atoms with van der Waals surface area (Å²) in [6.45, 7) is 1.47. The lowest BCUT2D eigenvalue weighted by molar-refractivity contribution is -0.131. The fourth-order valence-corrected chi connectivity index (χ4v) is 4.57. The number of methoxy groups -OCH3 is 2. The summed E-state index contributed by atoms with van der Waals surface area (Å²) in [6, 6.07) is 15.2. The van der Waals surface area contributed by atoms with E-state index in [0.717, 1.165) is 11.1 Å². The Morgan fingerprint density at radius 1 is 1.07 bits per heavy atom. The van der Waals surface area contributed by atoms with Gasteiger partial charge in [-0.2, -0.15) is 0 Å². The van der Waals surface area contributed by atoms with Crippen molar-refractivity contribution < 1.29 is 19.1 Å². The highest BCUT2D eigenvalue weighted by Crippen LogP contribution is 2.41. The number of likely N-dealkylation sites (N-methyl/N-ethyl adjacent to an activating group) is 1. The first kappa shape index (κ1) is 20.2. The van der Waals surface area contributed by atoms with Gasteiger partial charge in [-0.15, -0.1) is 0 Å². The van der Waals surface area contributed by atoms with Crippen molar-refractivity contribution in [3.8, 4) is 11.5 Å². The Balaban J connectivity index is 1.63. The summed E-state index contributed by atoms with van der Waals surface area (Å²) < 4.78 is 10.8. The average Bonchev–Trinajstić information content (AvgIpc) is 3.22. The molecule has 1 N–H and O–H groups in total. The molecule has 2 aromatic carbocycles. The second kappa shape index (κ2) is 7.99. The molecule has 30 heavy (non-hydrogen) atoms. The lowest BCUT2D eigenvalue weighted by Crippen LogP contribution is -2.52. The number of benzene rings is 2. The van der Waals surface area contributed by atoms with Crippen LogP contribution in [0.1, 0.15) is 17.0 Å². The van der Waals surface area contributed by atoms with Crippen LogP contribution in [0.4, 0.5) is 4.79 Å². The van der Waals surface area contributed by atoms with Gasteiger partial charge in [0, 0.05) is 31.6 Å². The quantitative estimate of drug-likeness (QED) is 0.741. The molecule has 2 aliphatic heterocycles. The Morgan fingerprint density at radius 2 is 1.73 bits per heavy atom. The van der Waals surface area contributed by atoms with Gasteiger partial charge in [0.1, 0.15) is 17.0 Å². The number of carbonyl (C=O) groups is 2. The fourth-order valence-electron chi connectivity index (χ4n) is 4.57. The van der Waals surface area contributed by atoms with Crippen LogP contribution in [0.3, 0.4) is 0 Å². The van der Waals surface area contributed by atoms with E-state index in [0.29, 0.717) is 37.6 Å². The number of nitrogens with one attached hydrogen (secondary N) is 1. The molecule has 0 radical (unpaired) electrons. The molecule has 7 heteroatoms. The minimum atomic E-state index is -0.986. The molecule has 2 heterocycles. The first-order valence-electron chi connectivity index (χ1n) is 10.1. The molecule has 0 aromatic heterocycles. The highest BCUT2D eigenvalue weighted by atomic mass is 16.5. The normalized spacial score (nSPS) is 23.8. The van der Waals surface area contributed by atoms with Gasteiger partial charge in [-0.1, -0.05) is 30.3 Å². The van der Waals surface area contributed by atoms with Gasteiger partial charge in [0.05, 0.1) is 14.2 Å². The third-order valence-corrected chi connectivity index (χ3v) is 6.05. The summed E-state index contributed by atoms with van der Waals surface area (Å²) in [6.07, 6.45) is 0.629. The maximum Gasteiger partial charge on any atom is 0.325 e. The molecule has 0 aliphatic carbocycles. The van der Waals surface area contributed by atoms with Crippen molar-refractivity contribution in [2.75, 3.05) is 40.9 Å². The molecule has 2 aromatic rings. The molecule has 158 valence electrons. The van der Waals surface area contributed by atoms with Crippen molar-refractivity contribution in [1.29, 1.82) is 0 Å². The predicted octanol–water partition coefficient (Wildman–Crippen LogP) is 2.27. The number of hydrogen-bond donors (Lipinski definition) is 1. The number of amides is 3. The van der Waals surface area contributed by atoms with Crippen LogP contribution < -0.4 is 14.8 Å². The van der Waals surface area contributed by atoms with Gasteiger partial charge in [-0.3, -0.25) is 9.69 Å². The Morgan fingerprint density at radius 3 is 2.37 bits per heavy atom. The van der Waals surface area contributed by atoms with Crippen molar-refractivity contribution in [3.05, 3.63) is 59.7 Å². The van der Waals surface area contributed by atoms with Gasteiger partial charge >= 0.3 is 6.03 Å². The number of rotatable bonds is 6. The molecule has 2 aliphatic rings. The van der Waals surface area contributed by atoms with Crippen molar-refractivity contribution >= 4 is 11.9 Å². The molecule has 2 atom stereocenters. The second-order valence-corrected chi connectivity index (χ2v) is 7.99. The van der Waals surface area contributed by atoms with Crippen LogP contribution in [0.2, 0.25) is 0 Å². The fraction of sp³-hybridized carbons (Fsp3) is 0.391. The molecule has 0 bridgehead atoms. The van der Waals surface area contributed by atoms with E-state index >= 15 is 0 Å². The Bertz CT molecular complexity index is 926. The molecule has 0 saturated carbocycles. The topological polar surface area (TPSA) is 71.1 Å². The third-order valence-electron chi connectivity index (χ3n) is 6.05. The minimum Gasteiger partial charge on any atom is -0.497 e. The van der Waals surface area contributed by atoms with Crippen LogP contribution in [0.25, 0.3) is 0 Å². The van der Waals surface area contributed by atoms with Crippen LogP contribution in [0.15, 0.2) is 48.5 Å². The molecule has 1 spiro atoms. The smallest absolute Gasteiger partial charge is 0.325 e. The van der Waals surface area contributed by atoms with Gasteiger partial charge < -0.3 is 19.7 Å². The lowest BCUT2D eigenvalue weighted by atomic mass is 9.81. The van der Waals surface area contributed by atoms with E-state index in [-0.39, 0.29) is 17.9 Å². The van der Waals surface area contributed by atoms with E-state index in [1.165, 1.54) is 4.90 Å². The number of likely N-dealkylation sites (tertiary alicyclic amines) is 1. The second-order valence-electron chi connectivity index (χ2n) is 7.99. The summed E-state index contributed by atoms with van der Waals surface area (Å²) in [4.78, 5) is 29.8. The van der Waals surface area contributed by atoms with Crippen LogP contribution in [0.5, 0.6) is 11.5 Å².